The molecule has 1 atom stereocenters. The number of rotatable bonds is 9. The molecular formula is C22H24FN5O5S2. The van der Waals surface area contributed by atoms with Gasteiger partial charge < -0.3 is 5.32 Å². The second-order valence-electron chi connectivity index (χ2n) is 7.63. The highest BCUT2D eigenvalue weighted by Gasteiger charge is 2.25. The standard InChI is InChI=1S/C22H24FN5O5S2/c1-4-20(27-34(30,31)18-9-5-16(23)6-10-18)21(29)26-17-7-11-19(12-8-17)35(32,33)28-22-24-14(2)13-15(3)25-22/h5-13,20,27H,4H2,1-3H3,(H,26,29)(H,24,25,28). The molecule has 3 aromatic rings. The van der Waals surface area contributed by atoms with Crippen molar-refractivity contribution in [1.29, 1.82) is 0 Å². The molecule has 186 valence electrons. The number of aromatic nitrogens is 2. The SMILES string of the molecule is CCC(NS(=O)(=O)c1ccc(F)cc1)C(=O)Nc1ccc(S(=O)(=O)Nc2nc(C)cc(C)n2)cc1. The molecule has 10 nitrogen and oxygen atoms in total. The van der Waals surface area contributed by atoms with Crippen molar-refractivity contribution in [2.45, 2.75) is 43.0 Å². The summed E-state index contributed by atoms with van der Waals surface area (Å²) in [6, 6.07) is 10.1. The first kappa shape index (κ1) is 26.2. The van der Waals surface area contributed by atoms with Gasteiger partial charge in [-0.15, -0.1) is 0 Å². The van der Waals surface area contributed by atoms with Gasteiger partial charge in [-0.1, -0.05) is 6.92 Å². The fourth-order valence-corrected chi connectivity index (χ4v) is 5.31. The van der Waals surface area contributed by atoms with E-state index in [-0.39, 0.29) is 27.8 Å². The van der Waals surface area contributed by atoms with E-state index in [4.69, 9.17) is 0 Å². The molecule has 1 amide bonds. The van der Waals surface area contributed by atoms with Crippen LogP contribution < -0.4 is 14.8 Å². The van der Waals surface area contributed by atoms with Crippen LogP contribution in [-0.2, 0) is 24.8 Å². The van der Waals surface area contributed by atoms with Crippen LogP contribution in [-0.4, -0.2) is 38.8 Å². The lowest BCUT2D eigenvalue weighted by atomic mass is 10.2. The zero-order valence-electron chi connectivity index (χ0n) is 19.1. The first-order valence-electron chi connectivity index (χ1n) is 10.4. The number of nitrogens with one attached hydrogen (secondary N) is 3. The van der Waals surface area contributed by atoms with E-state index in [1.807, 2.05) is 0 Å². The molecule has 0 fully saturated rings. The number of halogens is 1. The third-order valence-corrected chi connectivity index (χ3v) is 7.62. The lowest BCUT2D eigenvalue weighted by Crippen LogP contribution is -2.43. The van der Waals surface area contributed by atoms with Crippen molar-refractivity contribution < 1.29 is 26.0 Å². The van der Waals surface area contributed by atoms with Gasteiger partial charge in [0.05, 0.1) is 9.79 Å². The zero-order valence-corrected chi connectivity index (χ0v) is 20.7. The summed E-state index contributed by atoms with van der Waals surface area (Å²) >= 11 is 0. The van der Waals surface area contributed by atoms with Gasteiger partial charge in [-0.05, 0) is 74.9 Å². The molecule has 2 aromatic carbocycles. The van der Waals surface area contributed by atoms with E-state index in [9.17, 15) is 26.0 Å². The molecule has 0 radical (unpaired) electrons. The van der Waals surface area contributed by atoms with Gasteiger partial charge >= 0.3 is 0 Å². The quantitative estimate of drug-likeness (QED) is 0.392. The van der Waals surface area contributed by atoms with Crippen molar-refractivity contribution in [1.82, 2.24) is 14.7 Å². The van der Waals surface area contributed by atoms with Gasteiger partial charge in [0.25, 0.3) is 10.0 Å². The number of anilines is 2. The van der Waals surface area contributed by atoms with Crippen LogP contribution in [0.4, 0.5) is 16.0 Å². The Kier molecular flexibility index (Phi) is 7.83. The first-order chi connectivity index (χ1) is 16.4. The predicted octanol–water partition coefficient (Wildman–Crippen LogP) is 2.73. The van der Waals surface area contributed by atoms with Crippen molar-refractivity contribution in [3.8, 4) is 0 Å². The summed E-state index contributed by atoms with van der Waals surface area (Å²) in [4.78, 5) is 20.5. The molecule has 3 rings (SSSR count). The maximum Gasteiger partial charge on any atom is 0.264 e. The number of nitrogens with zero attached hydrogens (tertiary/aromatic N) is 2. The van der Waals surface area contributed by atoms with E-state index < -0.39 is 37.8 Å². The van der Waals surface area contributed by atoms with Crippen molar-refractivity contribution in [2.24, 2.45) is 0 Å². The summed E-state index contributed by atoms with van der Waals surface area (Å²) in [7, 11) is -8.04. The molecule has 0 aliphatic rings. The molecule has 0 aliphatic carbocycles. The largest absolute Gasteiger partial charge is 0.325 e. The monoisotopic (exact) mass is 521 g/mol. The molecule has 35 heavy (non-hydrogen) atoms. The third-order valence-electron chi connectivity index (χ3n) is 4.79. The molecule has 0 saturated heterocycles. The molecule has 13 heteroatoms. The maximum absolute atomic E-state index is 13.1. The Morgan fingerprint density at radius 3 is 1.94 bits per heavy atom. The number of carbonyl (C=O) groups is 1. The molecule has 3 N–H and O–H groups in total. The van der Waals surface area contributed by atoms with E-state index in [1.54, 1.807) is 26.8 Å². The van der Waals surface area contributed by atoms with Gasteiger partial charge in [0.1, 0.15) is 11.9 Å². The third kappa shape index (κ3) is 6.81. The van der Waals surface area contributed by atoms with Gasteiger partial charge in [-0.25, -0.2) is 35.9 Å². The minimum absolute atomic E-state index is 0.0564. The van der Waals surface area contributed by atoms with Gasteiger partial charge in [-0.3, -0.25) is 4.79 Å². The lowest BCUT2D eigenvalue weighted by molar-refractivity contribution is -0.117. The molecule has 0 spiro atoms. The molecule has 1 unspecified atom stereocenters. The number of hydrogen-bond donors (Lipinski definition) is 3. The van der Waals surface area contributed by atoms with Crippen LogP contribution in [0.5, 0.6) is 0 Å². The highest BCUT2D eigenvalue weighted by Crippen LogP contribution is 2.18. The van der Waals surface area contributed by atoms with Gasteiger partial charge in [-0.2, -0.15) is 4.72 Å². The summed E-state index contributed by atoms with van der Waals surface area (Å²) in [6.45, 7) is 5.05. The van der Waals surface area contributed by atoms with E-state index in [1.165, 1.54) is 24.3 Å². The molecule has 0 saturated carbocycles. The highest BCUT2D eigenvalue weighted by molar-refractivity contribution is 7.92. The van der Waals surface area contributed by atoms with Crippen molar-refractivity contribution in [3.05, 3.63) is 71.8 Å². The van der Waals surface area contributed by atoms with Crippen molar-refractivity contribution in [3.63, 3.8) is 0 Å². The van der Waals surface area contributed by atoms with Crippen molar-refractivity contribution in [2.75, 3.05) is 10.0 Å². The second kappa shape index (κ2) is 10.5. The second-order valence-corrected chi connectivity index (χ2v) is 11.0. The highest BCUT2D eigenvalue weighted by atomic mass is 32.2. The summed E-state index contributed by atoms with van der Waals surface area (Å²) in [5.41, 5.74) is 1.47. The average molecular weight is 522 g/mol. The van der Waals surface area contributed by atoms with Gasteiger partial charge in [0, 0.05) is 17.1 Å². The maximum atomic E-state index is 13.1. The summed E-state index contributed by atoms with van der Waals surface area (Å²) in [5, 5.41) is 2.55. The Bertz CT molecular complexity index is 1410. The number of amides is 1. The van der Waals surface area contributed by atoms with E-state index in [0.717, 1.165) is 24.3 Å². The zero-order chi connectivity index (χ0) is 25.8. The normalized spacial score (nSPS) is 12.7. The van der Waals surface area contributed by atoms with E-state index in [2.05, 4.69) is 24.7 Å². The summed E-state index contributed by atoms with van der Waals surface area (Å²) < 4.78 is 68.0. The Balaban J connectivity index is 1.69. The first-order valence-corrected chi connectivity index (χ1v) is 13.4. The summed E-state index contributed by atoms with van der Waals surface area (Å²) in [5.74, 6) is -1.29. The van der Waals surface area contributed by atoms with Crippen LogP contribution in [0.3, 0.4) is 0 Å². The van der Waals surface area contributed by atoms with Crippen LogP contribution in [0, 0.1) is 19.7 Å². The molecule has 1 heterocycles. The fourth-order valence-electron chi connectivity index (χ4n) is 3.09. The molecular weight excluding hydrogens is 497 g/mol. The van der Waals surface area contributed by atoms with E-state index >= 15 is 0 Å². The Morgan fingerprint density at radius 1 is 0.886 bits per heavy atom. The smallest absolute Gasteiger partial charge is 0.264 e. The van der Waals surface area contributed by atoms with Crippen LogP contribution in [0.15, 0.2) is 64.4 Å². The van der Waals surface area contributed by atoms with Crippen LogP contribution >= 0.6 is 0 Å². The predicted molar refractivity (Wildman–Crippen MR) is 128 cm³/mol. The Hall–Kier alpha value is -3.42. The van der Waals surface area contributed by atoms with Crippen LogP contribution in [0.1, 0.15) is 24.7 Å². The molecule has 0 bridgehead atoms. The average Bonchev–Trinajstić information content (AvgIpc) is 2.77. The fraction of sp³-hybridized carbons (Fsp3) is 0.227. The molecule has 1 aromatic heterocycles. The molecule has 0 aliphatic heterocycles. The number of carbonyl (C=O) groups excluding carboxylic acids is 1. The van der Waals surface area contributed by atoms with Gasteiger partial charge in [0.2, 0.25) is 21.9 Å². The lowest BCUT2D eigenvalue weighted by Gasteiger charge is -2.17. The Morgan fingerprint density at radius 2 is 1.40 bits per heavy atom. The Labute approximate surface area is 203 Å². The minimum Gasteiger partial charge on any atom is -0.325 e. The van der Waals surface area contributed by atoms with Crippen molar-refractivity contribution >= 4 is 37.6 Å². The van der Waals surface area contributed by atoms with Gasteiger partial charge in [0.15, 0.2) is 0 Å². The minimum atomic E-state index is -4.06. The number of hydrogen-bond acceptors (Lipinski definition) is 7. The van der Waals surface area contributed by atoms with Crippen LogP contribution in [0.2, 0.25) is 0 Å². The number of sulfonamides is 2. The summed E-state index contributed by atoms with van der Waals surface area (Å²) in [6.07, 6.45) is 0.137. The number of aryl methyl sites for hydroxylation is 2. The van der Waals surface area contributed by atoms with Crippen LogP contribution in [0.25, 0.3) is 0 Å². The number of benzene rings is 2. The van der Waals surface area contributed by atoms with E-state index in [0.29, 0.717) is 11.4 Å². The topological polar surface area (TPSA) is 147 Å².